The SMILES string of the molecule is CC(=O)Nc1sc2c(c1C(=O)O)CC(Cc1ccccc1)CC2. The lowest BCUT2D eigenvalue weighted by atomic mass is 9.83. The summed E-state index contributed by atoms with van der Waals surface area (Å²) in [5.41, 5.74) is 2.49. The molecule has 0 bridgehead atoms. The van der Waals surface area contributed by atoms with Gasteiger partial charge in [-0.3, -0.25) is 4.79 Å². The van der Waals surface area contributed by atoms with Crippen molar-refractivity contribution in [3.8, 4) is 0 Å². The van der Waals surface area contributed by atoms with Crippen molar-refractivity contribution in [3.63, 3.8) is 0 Å². The highest BCUT2D eigenvalue weighted by Crippen LogP contribution is 2.40. The molecular weight excluding hydrogens is 310 g/mol. The summed E-state index contributed by atoms with van der Waals surface area (Å²) in [6.45, 7) is 1.41. The van der Waals surface area contributed by atoms with E-state index >= 15 is 0 Å². The zero-order chi connectivity index (χ0) is 16.4. The molecule has 1 aliphatic carbocycles. The van der Waals surface area contributed by atoms with E-state index in [1.54, 1.807) is 0 Å². The van der Waals surface area contributed by atoms with Gasteiger partial charge in [-0.15, -0.1) is 11.3 Å². The van der Waals surface area contributed by atoms with Crippen LogP contribution in [0.2, 0.25) is 0 Å². The van der Waals surface area contributed by atoms with Crippen molar-refractivity contribution in [2.24, 2.45) is 5.92 Å². The fourth-order valence-corrected chi connectivity index (χ4v) is 4.53. The summed E-state index contributed by atoms with van der Waals surface area (Å²) in [5.74, 6) is -0.735. The number of carboxylic acid groups (broad SMARTS) is 1. The third-order valence-electron chi connectivity index (χ3n) is 4.23. The Kier molecular flexibility index (Phi) is 4.48. The highest BCUT2D eigenvalue weighted by atomic mass is 32.1. The van der Waals surface area contributed by atoms with Crippen molar-refractivity contribution in [2.75, 3.05) is 5.32 Å². The first-order valence-corrected chi connectivity index (χ1v) is 8.55. The molecule has 0 saturated carbocycles. The number of carbonyl (C=O) groups excluding carboxylic acids is 1. The predicted molar refractivity (Wildman–Crippen MR) is 91.2 cm³/mol. The Balaban J connectivity index is 1.85. The van der Waals surface area contributed by atoms with Crippen LogP contribution in [-0.2, 0) is 24.1 Å². The van der Waals surface area contributed by atoms with Gasteiger partial charge in [0.1, 0.15) is 5.00 Å². The smallest absolute Gasteiger partial charge is 0.339 e. The first-order chi connectivity index (χ1) is 11.0. The summed E-state index contributed by atoms with van der Waals surface area (Å²) in [5, 5.41) is 12.7. The van der Waals surface area contributed by atoms with E-state index in [1.165, 1.54) is 23.8 Å². The summed E-state index contributed by atoms with van der Waals surface area (Å²) in [6.07, 6.45) is 3.67. The van der Waals surface area contributed by atoms with Gasteiger partial charge in [-0.1, -0.05) is 30.3 Å². The summed E-state index contributed by atoms with van der Waals surface area (Å²) >= 11 is 1.41. The largest absolute Gasteiger partial charge is 0.478 e. The third kappa shape index (κ3) is 3.45. The van der Waals surface area contributed by atoms with Gasteiger partial charge in [-0.05, 0) is 42.7 Å². The van der Waals surface area contributed by atoms with Gasteiger partial charge in [0.2, 0.25) is 5.91 Å². The third-order valence-corrected chi connectivity index (χ3v) is 5.44. The van der Waals surface area contributed by atoms with Gasteiger partial charge in [0.15, 0.2) is 0 Å². The minimum atomic E-state index is -0.952. The number of thiophene rings is 1. The Morgan fingerprint density at radius 3 is 2.70 bits per heavy atom. The summed E-state index contributed by atoms with van der Waals surface area (Å²) in [4.78, 5) is 24.1. The Morgan fingerprint density at radius 1 is 1.30 bits per heavy atom. The standard InChI is InChI=1S/C18H19NO3S/c1-11(20)19-17-16(18(21)22)14-10-13(7-8-15(14)23-17)9-12-5-3-2-4-6-12/h2-6,13H,7-10H2,1H3,(H,19,20)(H,21,22). The van der Waals surface area contributed by atoms with Crippen LogP contribution in [0.1, 0.15) is 39.7 Å². The van der Waals surface area contributed by atoms with E-state index in [2.05, 4.69) is 17.4 Å². The van der Waals surface area contributed by atoms with Crippen LogP contribution in [0.4, 0.5) is 5.00 Å². The number of benzene rings is 1. The number of nitrogens with one attached hydrogen (secondary N) is 1. The maximum Gasteiger partial charge on any atom is 0.339 e. The second-order valence-corrected chi connectivity index (χ2v) is 7.10. The zero-order valence-corrected chi connectivity index (χ0v) is 13.8. The Morgan fingerprint density at radius 2 is 2.04 bits per heavy atom. The Bertz CT molecular complexity index is 736. The Hall–Kier alpha value is -2.14. The highest BCUT2D eigenvalue weighted by molar-refractivity contribution is 7.17. The van der Waals surface area contributed by atoms with Gasteiger partial charge in [-0.25, -0.2) is 4.79 Å². The van der Waals surface area contributed by atoms with Gasteiger partial charge in [0.25, 0.3) is 0 Å². The average Bonchev–Trinajstić information content (AvgIpc) is 2.84. The van der Waals surface area contributed by atoms with E-state index in [-0.39, 0.29) is 11.5 Å². The monoisotopic (exact) mass is 329 g/mol. The lowest BCUT2D eigenvalue weighted by Crippen LogP contribution is -2.17. The average molecular weight is 329 g/mol. The van der Waals surface area contributed by atoms with Crippen LogP contribution in [0.3, 0.4) is 0 Å². The predicted octanol–water partition coefficient (Wildman–Crippen LogP) is 3.75. The molecule has 0 aliphatic heterocycles. The van der Waals surface area contributed by atoms with Gasteiger partial charge >= 0.3 is 5.97 Å². The number of hydrogen-bond donors (Lipinski definition) is 2. The Labute approximate surface area is 139 Å². The minimum absolute atomic E-state index is 0.230. The molecule has 1 unspecified atom stereocenters. The molecule has 0 spiro atoms. The fourth-order valence-electron chi connectivity index (χ4n) is 3.25. The molecule has 1 aromatic carbocycles. The zero-order valence-electron chi connectivity index (χ0n) is 13.0. The first kappa shape index (κ1) is 15.7. The first-order valence-electron chi connectivity index (χ1n) is 7.74. The van der Waals surface area contributed by atoms with Crippen molar-refractivity contribution in [2.45, 2.75) is 32.6 Å². The van der Waals surface area contributed by atoms with Crippen LogP contribution in [-0.4, -0.2) is 17.0 Å². The van der Waals surface area contributed by atoms with Crippen molar-refractivity contribution < 1.29 is 14.7 Å². The number of fused-ring (bicyclic) bond motifs is 1. The van der Waals surface area contributed by atoms with E-state index in [0.717, 1.165) is 36.1 Å². The summed E-state index contributed by atoms with van der Waals surface area (Å²) in [6, 6.07) is 10.3. The molecule has 4 nitrogen and oxygen atoms in total. The normalized spacial score (nSPS) is 16.7. The van der Waals surface area contributed by atoms with E-state index < -0.39 is 5.97 Å². The molecule has 1 aromatic heterocycles. The second-order valence-electron chi connectivity index (χ2n) is 5.99. The van der Waals surface area contributed by atoms with Crippen LogP contribution in [0.25, 0.3) is 0 Å². The molecule has 23 heavy (non-hydrogen) atoms. The molecule has 5 heteroatoms. The molecule has 1 atom stereocenters. The van der Waals surface area contributed by atoms with E-state index in [1.807, 2.05) is 18.2 Å². The van der Waals surface area contributed by atoms with E-state index in [4.69, 9.17) is 0 Å². The molecule has 0 saturated heterocycles. The van der Waals surface area contributed by atoms with Crippen molar-refractivity contribution in [1.82, 2.24) is 0 Å². The maximum absolute atomic E-state index is 11.7. The lowest BCUT2D eigenvalue weighted by Gasteiger charge is -2.22. The van der Waals surface area contributed by atoms with Crippen molar-refractivity contribution >= 4 is 28.2 Å². The molecule has 0 fully saturated rings. The van der Waals surface area contributed by atoms with Gasteiger partial charge in [0.05, 0.1) is 5.56 Å². The number of aryl methyl sites for hydroxylation is 1. The highest BCUT2D eigenvalue weighted by Gasteiger charge is 2.29. The van der Waals surface area contributed by atoms with Crippen LogP contribution in [0, 0.1) is 5.92 Å². The molecule has 2 N–H and O–H groups in total. The van der Waals surface area contributed by atoms with Gasteiger partial charge < -0.3 is 10.4 Å². The molecule has 1 amide bonds. The van der Waals surface area contributed by atoms with Crippen molar-refractivity contribution in [1.29, 1.82) is 0 Å². The van der Waals surface area contributed by atoms with Crippen molar-refractivity contribution in [3.05, 3.63) is 51.9 Å². The van der Waals surface area contributed by atoms with Crippen LogP contribution in [0.5, 0.6) is 0 Å². The van der Waals surface area contributed by atoms with Gasteiger partial charge in [0, 0.05) is 11.8 Å². The topological polar surface area (TPSA) is 66.4 Å². The number of aromatic carboxylic acids is 1. The number of carbonyl (C=O) groups is 2. The van der Waals surface area contributed by atoms with Crippen LogP contribution >= 0.6 is 11.3 Å². The molecule has 3 rings (SSSR count). The summed E-state index contributed by atoms with van der Waals surface area (Å²) in [7, 11) is 0. The van der Waals surface area contributed by atoms with Crippen LogP contribution < -0.4 is 5.32 Å². The van der Waals surface area contributed by atoms with E-state index in [9.17, 15) is 14.7 Å². The number of carboxylic acids is 1. The number of hydrogen-bond acceptors (Lipinski definition) is 3. The lowest BCUT2D eigenvalue weighted by molar-refractivity contribution is -0.114. The minimum Gasteiger partial charge on any atom is -0.478 e. The molecule has 1 heterocycles. The van der Waals surface area contributed by atoms with Gasteiger partial charge in [-0.2, -0.15) is 0 Å². The molecule has 1 aliphatic rings. The molecule has 2 aromatic rings. The number of rotatable bonds is 4. The summed E-state index contributed by atoms with van der Waals surface area (Å²) < 4.78 is 0. The number of anilines is 1. The molecule has 120 valence electrons. The number of amides is 1. The van der Waals surface area contributed by atoms with Crippen LogP contribution in [0.15, 0.2) is 30.3 Å². The second kappa shape index (κ2) is 6.54. The molecule has 0 radical (unpaired) electrons. The van der Waals surface area contributed by atoms with E-state index in [0.29, 0.717) is 10.9 Å². The quantitative estimate of drug-likeness (QED) is 0.897. The maximum atomic E-state index is 11.7. The fraction of sp³-hybridized carbons (Fsp3) is 0.333. The molecular formula is C18H19NO3S.